The summed E-state index contributed by atoms with van der Waals surface area (Å²) < 4.78 is 0. The molecule has 1 fully saturated rings. The molecule has 0 bridgehead atoms. The van der Waals surface area contributed by atoms with E-state index in [9.17, 15) is 9.59 Å². The number of piperidine rings is 1. The van der Waals surface area contributed by atoms with E-state index in [2.05, 4.69) is 15.6 Å². The van der Waals surface area contributed by atoms with Crippen molar-refractivity contribution >= 4 is 23.5 Å². The van der Waals surface area contributed by atoms with E-state index < -0.39 is 0 Å². The summed E-state index contributed by atoms with van der Waals surface area (Å²) in [5.41, 5.74) is 0. The Hall–Kier alpha value is -2.11. The summed E-state index contributed by atoms with van der Waals surface area (Å²) in [5, 5.41) is 5.99. The van der Waals surface area contributed by atoms with Crippen molar-refractivity contribution in [3.8, 4) is 0 Å². The van der Waals surface area contributed by atoms with E-state index in [0.717, 1.165) is 5.82 Å². The van der Waals surface area contributed by atoms with Gasteiger partial charge in [-0.05, 0) is 18.6 Å². The molecule has 2 amide bonds. The van der Waals surface area contributed by atoms with Crippen LogP contribution in [0, 0.1) is 0 Å². The Balaban J connectivity index is 2.09. The predicted octanol–water partition coefficient (Wildman–Crippen LogP) is 0.683. The van der Waals surface area contributed by atoms with Crippen molar-refractivity contribution in [3.05, 3.63) is 18.2 Å². The Morgan fingerprint density at radius 2 is 2.06 bits per heavy atom. The number of hydrogen-bond donors (Lipinski definition) is 2. The normalized spacial score (nSPS) is 19.9. The quantitative estimate of drug-likeness (QED) is 0.770. The monoisotopic (exact) mass is 248 g/mol. The summed E-state index contributed by atoms with van der Waals surface area (Å²) in [7, 11) is 3.29. The number of amides is 2. The zero-order chi connectivity index (χ0) is 13.1. The van der Waals surface area contributed by atoms with Gasteiger partial charge in [0.05, 0.1) is 0 Å². The number of anilines is 2. The summed E-state index contributed by atoms with van der Waals surface area (Å²) in [6, 6.07) is 5.10. The SMILES string of the molecule is CNc1cccc(NC2CCC(=O)N(C)C2=O)n1. The number of likely N-dealkylation sites (tertiary alicyclic amines) is 1. The molecule has 1 saturated heterocycles. The molecule has 2 heterocycles. The highest BCUT2D eigenvalue weighted by Crippen LogP contribution is 2.17. The van der Waals surface area contributed by atoms with Crippen LogP contribution in [0.2, 0.25) is 0 Å². The molecule has 0 aromatic carbocycles. The van der Waals surface area contributed by atoms with Gasteiger partial charge >= 0.3 is 0 Å². The molecule has 1 aromatic rings. The fraction of sp³-hybridized carbons (Fsp3) is 0.417. The smallest absolute Gasteiger partial charge is 0.251 e. The van der Waals surface area contributed by atoms with Crippen LogP contribution in [-0.2, 0) is 9.59 Å². The first-order valence-electron chi connectivity index (χ1n) is 5.83. The third-order valence-corrected chi connectivity index (χ3v) is 2.98. The minimum Gasteiger partial charge on any atom is -0.373 e. The maximum Gasteiger partial charge on any atom is 0.251 e. The molecule has 1 aliphatic heterocycles. The van der Waals surface area contributed by atoms with Gasteiger partial charge in [0.1, 0.15) is 17.7 Å². The molecular weight excluding hydrogens is 232 g/mol. The summed E-state index contributed by atoms with van der Waals surface area (Å²) in [6.45, 7) is 0. The zero-order valence-corrected chi connectivity index (χ0v) is 10.4. The molecule has 0 aliphatic carbocycles. The van der Waals surface area contributed by atoms with Crippen LogP contribution in [0.3, 0.4) is 0 Å². The maximum atomic E-state index is 11.9. The average Bonchev–Trinajstić information content (AvgIpc) is 2.40. The number of hydrogen-bond acceptors (Lipinski definition) is 5. The van der Waals surface area contributed by atoms with E-state index in [-0.39, 0.29) is 17.9 Å². The molecule has 0 saturated carbocycles. The minimum atomic E-state index is -0.382. The van der Waals surface area contributed by atoms with Gasteiger partial charge in [0.25, 0.3) is 5.91 Å². The van der Waals surface area contributed by atoms with Crippen LogP contribution < -0.4 is 10.6 Å². The topological polar surface area (TPSA) is 74.3 Å². The van der Waals surface area contributed by atoms with E-state index in [0.29, 0.717) is 18.7 Å². The Labute approximate surface area is 105 Å². The second-order valence-corrected chi connectivity index (χ2v) is 4.18. The summed E-state index contributed by atoms with van der Waals surface area (Å²) in [5.74, 6) is 1.02. The summed E-state index contributed by atoms with van der Waals surface area (Å²) in [6.07, 6.45) is 0.888. The molecule has 0 spiro atoms. The van der Waals surface area contributed by atoms with Gasteiger partial charge in [-0.25, -0.2) is 4.98 Å². The highest BCUT2D eigenvalue weighted by atomic mass is 16.2. The van der Waals surface area contributed by atoms with Gasteiger partial charge in [-0.15, -0.1) is 0 Å². The van der Waals surface area contributed by atoms with Crippen molar-refractivity contribution in [2.75, 3.05) is 24.7 Å². The highest BCUT2D eigenvalue weighted by Gasteiger charge is 2.31. The molecular formula is C12H16N4O2. The van der Waals surface area contributed by atoms with E-state index in [1.165, 1.54) is 11.9 Å². The largest absolute Gasteiger partial charge is 0.373 e. The summed E-state index contributed by atoms with van der Waals surface area (Å²) >= 11 is 0. The predicted molar refractivity (Wildman–Crippen MR) is 68.2 cm³/mol. The standard InChI is InChI=1S/C12H16N4O2/c1-13-9-4-3-5-10(15-9)14-8-6-7-11(17)16(2)12(8)18/h3-5,8H,6-7H2,1-2H3,(H2,13,14,15). The number of carbonyl (C=O) groups excluding carboxylic acids is 2. The molecule has 2 N–H and O–H groups in total. The molecule has 0 radical (unpaired) electrons. The molecule has 6 heteroatoms. The Morgan fingerprint density at radius 1 is 1.33 bits per heavy atom. The number of imide groups is 1. The van der Waals surface area contributed by atoms with Crippen LogP contribution >= 0.6 is 0 Å². The third kappa shape index (κ3) is 2.42. The Bertz CT molecular complexity index is 475. The molecule has 96 valence electrons. The van der Waals surface area contributed by atoms with Crippen molar-refractivity contribution in [2.24, 2.45) is 0 Å². The lowest BCUT2D eigenvalue weighted by Gasteiger charge is -2.28. The van der Waals surface area contributed by atoms with E-state index in [1.54, 1.807) is 13.1 Å². The van der Waals surface area contributed by atoms with Gasteiger partial charge in [0.2, 0.25) is 5.91 Å². The van der Waals surface area contributed by atoms with Gasteiger partial charge in [-0.1, -0.05) is 6.07 Å². The number of carbonyl (C=O) groups is 2. The second kappa shape index (κ2) is 5.03. The number of aromatic nitrogens is 1. The number of likely N-dealkylation sites (N-methyl/N-ethyl adjacent to an activating group) is 1. The van der Waals surface area contributed by atoms with Gasteiger partial charge < -0.3 is 10.6 Å². The number of nitrogens with one attached hydrogen (secondary N) is 2. The van der Waals surface area contributed by atoms with Crippen molar-refractivity contribution in [3.63, 3.8) is 0 Å². The zero-order valence-electron chi connectivity index (χ0n) is 10.4. The molecule has 6 nitrogen and oxygen atoms in total. The first kappa shape index (κ1) is 12.3. The first-order valence-corrected chi connectivity index (χ1v) is 5.83. The fourth-order valence-corrected chi connectivity index (χ4v) is 1.88. The lowest BCUT2D eigenvalue weighted by Crippen LogP contribution is -2.48. The molecule has 2 rings (SSSR count). The van der Waals surface area contributed by atoms with E-state index in [4.69, 9.17) is 0 Å². The molecule has 1 unspecified atom stereocenters. The van der Waals surface area contributed by atoms with Crippen LogP contribution in [-0.4, -0.2) is 41.8 Å². The maximum absolute atomic E-state index is 11.9. The minimum absolute atomic E-state index is 0.130. The number of rotatable bonds is 3. The molecule has 1 aromatic heterocycles. The van der Waals surface area contributed by atoms with Crippen LogP contribution in [0.1, 0.15) is 12.8 Å². The second-order valence-electron chi connectivity index (χ2n) is 4.18. The van der Waals surface area contributed by atoms with Crippen molar-refractivity contribution in [1.29, 1.82) is 0 Å². The first-order chi connectivity index (χ1) is 8.61. The average molecular weight is 248 g/mol. The van der Waals surface area contributed by atoms with Crippen molar-refractivity contribution in [1.82, 2.24) is 9.88 Å². The third-order valence-electron chi connectivity index (χ3n) is 2.98. The van der Waals surface area contributed by atoms with E-state index >= 15 is 0 Å². The van der Waals surface area contributed by atoms with Crippen molar-refractivity contribution in [2.45, 2.75) is 18.9 Å². The molecule has 18 heavy (non-hydrogen) atoms. The van der Waals surface area contributed by atoms with Crippen molar-refractivity contribution < 1.29 is 9.59 Å². The Kier molecular flexibility index (Phi) is 3.45. The Morgan fingerprint density at radius 3 is 2.78 bits per heavy atom. The molecule has 1 aliphatic rings. The van der Waals surface area contributed by atoms with Gasteiger partial charge in [0.15, 0.2) is 0 Å². The summed E-state index contributed by atoms with van der Waals surface area (Å²) in [4.78, 5) is 28.7. The molecule has 1 atom stereocenters. The lowest BCUT2D eigenvalue weighted by molar-refractivity contribution is -0.146. The van der Waals surface area contributed by atoms with Crippen LogP contribution in [0.15, 0.2) is 18.2 Å². The van der Waals surface area contributed by atoms with E-state index in [1.807, 2.05) is 12.1 Å². The van der Waals surface area contributed by atoms with Gasteiger partial charge in [-0.3, -0.25) is 14.5 Å². The van der Waals surface area contributed by atoms with Gasteiger partial charge in [-0.2, -0.15) is 0 Å². The lowest BCUT2D eigenvalue weighted by atomic mass is 10.0. The fourth-order valence-electron chi connectivity index (χ4n) is 1.88. The number of pyridine rings is 1. The van der Waals surface area contributed by atoms with Gasteiger partial charge in [0, 0.05) is 20.5 Å². The number of nitrogens with zero attached hydrogens (tertiary/aromatic N) is 2. The highest BCUT2D eigenvalue weighted by molar-refractivity contribution is 6.01. The van der Waals surface area contributed by atoms with Crippen LogP contribution in [0.5, 0.6) is 0 Å². The van der Waals surface area contributed by atoms with Crippen LogP contribution in [0.4, 0.5) is 11.6 Å². The van der Waals surface area contributed by atoms with Crippen LogP contribution in [0.25, 0.3) is 0 Å².